The maximum Gasteiger partial charge on any atom is 0.408 e. The molecular formula is C74H99N9O19Si. The molecule has 0 unspecified atom stereocenters. The summed E-state index contributed by atoms with van der Waals surface area (Å²) in [5, 5.41) is 28.6. The van der Waals surface area contributed by atoms with Gasteiger partial charge in [0, 0.05) is 37.8 Å². The van der Waals surface area contributed by atoms with Gasteiger partial charge >= 0.3 is 30.1 Å². The second kappa shape index (κ2) is 39.7. The van der Waals surface area contributed by atoms with Crippen molar-refractivity contribution in [1.82, 2.24) is 42.3 Å². The van der Waals surface area contributed by atoms with Crippen LogP contribution in [0.5, 0.6) is 11.5 Å². The summed E-state index contributed by atoms with van der Waals surface area (Å²) >= 11 is 0. The van der Waals surface area contributed by atoms with Gasteiger partial charge in [0.15, 0.2) is 0 Å². The van der Waals surface area contributed by atoms with Gasteiger partial charge in [0.25, 0.3) is 11.8 Å². The molecule has 3 heterocycles. The Labute approximate surface area is 601 Å². The number of aromatic hydroxyl groups is 1. The van der Waals surface area contributed by atoms with Crippen LogP contribution in [0, 0.1) is 23.7 Å². The van der Waals surface area contributed by atoms with Crippen molar-refractivity contribution in [3.05, 3.63) is 156 Å². The Hall–Kier alpha value is -10.4. The van der Waals surface area contributed by atoms with Gasteiger partial charge in [-0.05, 0) is 88.3 Å². The predicted molar refractivity (Wildman–Crippen MR) is 381 cm³/mol. The molecule has 3 aliphatic rings. The number of imide groups is 1. The summed E-state index contributed by atoms with van der Waals surface area (Å²) in [6, 6.07) is 24.4. The van der Waals surface area contributed by atoms with Crippen molar-refractivity contribution in [2.75, 3.05) is 13.2 Å². The number of alkyl carbamates (subject to hydrolysis) is 2. The Kier molecular flexibility index (Phi) is 32.1. The van der Waals surface area contributed by atoms with Gasteiger partial charge in [0.1, 0.15) is 74.2 Å². The second-order valence-electron chi connectivity index (χ2n) is 27.8. The Morgan fingerprint density at radius 2 is 1.01 bits per heavy atom. The lowest BCUT2D eigenvalue weighted by molar-refractivity contribution is -0.199. The molecule has 8 atom stereocenters. The zero-order chi connectivity index (χ0) is 76.3. The molecule has 1 saturated heterocycles. The van der Waals surface area contributed by atoms with E-state index >= 15 is 0 Å². The standard InChI is InChI=1S/C32H40N4O8.C25H39N3O5Si.C17H20N2O6/c1-19(2)27-30(40)34-25(16-21-10-13-24(37)14-11-21)31(41)43-18-23(12-15-26(38)35-27)33-29(39)28(20(3)4)36-32(42)44-17-22-8-6-5-7-9-22;1-16(2)22-23(30)27-20(24(31)32-15-18(26)10-13-21(29)28-22)14-17-8-11-19(12-9-17)33-34(6,7)25(3,4)5;1-11(2)15(16(22)25-19-13(20)8-9-14(19)21)18-17(23)24-10-12-6-4-3-5-7-12/h5-15,19-20,23,25,27-28,37H,16-18H2,1-4H3,(H,33,39)(H,34,40)(H,35,38)(H,36,42);8-13,16,18,20,22H,14-15,26H2,1-7H3,(H,27,30)(H,28,29);3-7,11,15H,8-10H2,1-2H3,(H,18,23)/b15-12+;13-10+;/t23-,25+,27+,28+;18-,20+,22+;15-/m110/s1. The van der Waals surface area contributed by atoms with Crippen LogP contribution in [0.2, 0.25) is 18.1 Å². The lowest BCUT2D eigenvalue weighted by atomic mass is 10.0. The number of carbonyl (C=O) groups is 12. The molecule has 10 N–H and O–H groups in total. The van der Waals surface area contributed by atoms with Gasteiger partial charge in [-0.2, -0.15) is 0 Å². The van der Waals surface area contributed by atoms with Crippen LogP contribution in [-0.4, -0.2) is 151 Å². The van der Waals surface area contributed by atoms with Gasteiger partial charge in [0.05, 0.1) is 12.1 Å². The number of hydrogen-bond acceptors (Lipinski definition) is 20. The maximum atomic E-state index is 13.3. The van der Waals surface area contributed by atoms with E-state index in [-0.39, 0.29) is 86.6 Å². The van der Waals surface area contributed by atoms with Gasteiger partial charge in [-0.15, -0.1) is 5.06 Å². The number of hydroxylamine groups is 2. The molecule has 7 rings (SSSR count). The van der Waals surface area contributed by atoms with E-state index in [1.54, 1.807) is 77.9 Å². The third kappa shape index (κ3) is 27.8. The highest BCUT2D eigenvalue weighted by atomic mass is 28.4. The molecule has 1 fully saturated rings. The quantitative estimate of drug-likeness (QED) is 0.0202. The minimum absolute atomic E-state index is 0.00496. The number of carbonyl (C=O) groups excluding carboxylic acids is 12. The normalized spacial score (nSPS) is 20.4. The molecule has 3 aliphatic heterocycles. The molecular weight excluding hydrogens is 1350 g/mol. The lowest BCUT2D eigenvalue weighted by Gasteiger charge is -2.36. The molecule has 0 saturated carbocycles. The molecule has 0 radical (unpaired) electrons. The van der Waals surface area contributed by atoms with Crippen molar-refractivity contribution in [3.63, 3.8) is 0 Å². The fraction of sp³-hybridized carbons (Fsp3) is 0.459. The maximum absolute atomic E-state index is 13.3. The minimum Gasteiger partial charge on any atom is -0.544 e. The van der Waals surface area contributed by atoms with Crippen LogP contribution in [0.25, 0.3) is 0 Å². The highest BCUT2D eigenvalue weighted by Crippen LogP contribution is 2.37. The first kappa shape index (κ1) is 83.2. The van der Waals surface area contributed by atoms with Crippen molar-refractivity contribution < 1.29 is 90.9 Å². The minimum atomic E-state index is -1.97. The number of ether oxygens (including phenoxy) is 4. The van der Waals surface area contributed by atoms with E-state index in [0.717, 1.165) is 28.5 Å². The molecule has 0 spiro atoms. The zero-order valence-corrected chi connectivity index (χ0v) is 61.6. The van der Waals surface area contributed by atoms with E-state index in [4.69, 9.17) is 33.9 Å². The van der Waals surface area contributed by atoms with E-state index in [0.29, 0.717) is 10.6 Å². The largest absolute Gasteiger partial charge is 0.544 e. The van der Waals surface area contributed by atoms with E-state index in [9.17, 15) is 62.6 Å². The molecule has 103 heavy (non-hydrogen) atoms. The fourth-order valence-corrected chi connectivity index (χ4v) is 10.7. The summed E-state index contributed by atoms with van der Waals surface area (Å²) < 4.78 is 27.5. The smallest absolute Gasteiger partial charge is 0.408 e. The second-order valence-corrected chi connectivity index (χ2v) is 32.5. The van der Waals surface area contributed by atoms with Gasteiger partial charge in [-0.25, -0.2) is 24.0 Å². The molecule has 558 valence electrons. The van der Waals surface area contributed by atoms with Crippen LogP contribution in [0.15, 0.2) is 133 Å². The summed E-state index contributed by atoms with van der Waals surface area (Å²) in [6.45, 7) is 24.5. The number of hydrogen-bond donors (Lipinski definition) is 9. The fourth-order valence-electron chi connectivity index (χ4n) is 9.69. The van der Waals surface area contributed by atoms with Crippen LogP contribution in [0.1, 0.15) is 111 Å². The number of nitrogens with two attached hydrogens (primary N) is 1. The number of esters is 2. The summed E-state index contributed by atoms with van der Waals surface area (Å²) in [6.07, 6.45) is 3.95. The Bertz CT molecular complexity index is 3600. The van der Waals surface area contributed by atoms with Gasteiger partial charge in [-0.3, -0.25) is 33.6 Å². The van der Waals surface area contributed by atoms with Gasteiger partial charge < -0.3 is 76.3 Å². The molecule has 4 aromatic rings. The monoisotopic (exact) mass is 1450 g/mol. The van der Waals surface area contributed by atoms with E-state index in [1.807, 2.05) is 74.5 Å². The first-order valence-corrected chi connectivity index (χ1v) is 37.0. The zero-order valence-electron chi connectivity index (χ0n) is 60.6. The van der Waals surface area contributed by atoms with Crippen LogP contribution < -0.4 is 47.4 Å². The number of rotatable bonds is 20. The third-order valence-corrected chi connectivity index (χ3v) is 21.1. The molecule has 0 aliphatic carbocycles. The van der Waals surface area contributed by atoms with Crippen molar-refractivity contribution in [3.8, 4) is 11.5 Å². The summed E-state index contributed by atoms with van der Waals surface area (Å²) in [5.41, 5.74) is 8.99. The van der Waals surface area contributed by atoms with Crippen LogP contribution in [0.4, 0.5) is 9.59 Å². The number of amides is 9. The van der Waals surface area contributed by atoms with Crippen molar-refractivity contribution in [2.45, 2.75) is 182 Å². The number of nitrogens with one attached hydrogen (secondary N) is 7. The topological polar surface area (TPSA) is 394 Å². The highest BCUT2D eigenvalue weighted by Gasteiger charge is 2.40. The van der Waals surface area contributed by atoms with E-state index in [2.05, 4.69) is 71.1 Å². The number of cyclic esters (lactones) is 2. The average Bonchev–Trinajstić information content (AvgIpc) is 1.48. The van der Waals surface area contributed by atoms with Gasteiger partial charge in [0.2, 0.25) is 37.9 Å². The summed E-state index contributed by atoms with van der Waals surface area (Å²) in [7, 11) is -1.97. The number of phenolic OH excluding ortho intramolecular Hbond substituents is 1. The Morgan fingerprint density at radius 3 is 1.45 bits per heavy atom. The summed E-state index contributed by atoms with van der Waals surface area (Å²) in [4.78, 5) is 155. The third-order valence-electron chi connectivity index (χ3n) is 16.8. The van der Waals surface area contributed by atoms with E-state index in [1.165, 1.54) is 30.4 Å². The van der Waals surface area contributed by atoms with Crippen LogP contribution >= 0.6 is 0 Å². The summed E-state index contributed by atoms with van der Waals surface area (Å²) in [5.74, 6) is -6.29. The molecule has 28 nitrogen and oxygen atoms in total. The lowest BCUT2D eigenvalue weighted by Crippen LogP contribution is -2.55. The van der Waals surface area contributed by atoms with Gasteiger partial charge in [-0.1, -0.05) is 173 Å². The van der Waals surface area contributed by atoms with Crippen molar-refractivity contribution >= 4 is 79.8 Å². The van der Waals surface area contributed by atoms with Crippen LogP contribution in [-0.2, 0) is 97.8 Å². The molecule has 4 aromatic carbocycles. The first-order valence-electron chi connectivity index (χ1n) is 34.1. The van der Waals surface area contributed by atoms with E-state index < -0.39 is 128 Å². The van der Waals surface area contributed by atoms with Crippen LogP contribution in [0.3, 0.4) is 0 Å². The highest BCUT2D eigenvalue weighted by molar-refractivity contribution is 6.74. The Balaban J connectivity index is 0.000000289. The average molecular weight is 1450 g/mol. The SMILES string of the molecule is CC(C)[C@@H]1NC(=O)/C=C/[C@@H](N)COC(=O)[C@H](Cc2ccc(O[Si](C)(C)C(C)(C)C)cc2)NC1=O.CC(C)[C@@H]1NC(=O)/C=C/[C@@H](NC(=O)[C@@H](NC(=O)OCc2ccccc2)C(C)C)COC(=O)[C@H](Cc2ccc(O)cc2)NC1=O.CC(C)[C@H](NC(=O)OCc1ccccc1)C(=O)ON1C(=O)CCC1=O. The Morgan fingerprint density at radius 1 is 0.583 bits per heavy atom. The molecule has 9 amide bonds. The molecule has 0 aromatic heterocycles. The molecule has 29 heteroatoms. The number of nitrogens with zero attached hydrogens (tertiary/aromatic N) is 1. The number of benzene rings is 4. The van der Waals surface area contributed by atoms with Crippen molar-refractivity contribution in [2.24, 2.45) is 29.4 Å². The van der Waals surface area contributed by atoms with Crippen molar-refractivity contribution in [1.29, 1.82) is 0 Å². The molecule has 0 bridgehead atoms. The first-order chi connectivity index (χ1) is 48.5. The predicted octanol–water partition coefficient (Wildman–Crippen LogP) is 6.33. The number of phenols is 1.